The molecule has 0 fully saturated rings. The molecule has 0 atom stereocenters. The maximum absolute atomic E-state index is 12.1. The molecule has 10 heteroatoms. The van der Waals surface area contributed by atoms with Gasteiger partial charge in [-0.25, -0.2) is 0 Å². The van der Waals surface area contributed by atoms with E-state index < -0.39 is 16.8 Å². The van der Waals surface area contributed by atoms with E-state index in [4.69, 9.17) is 14.2 Å². The predicted octanol–water partition coefficient (Wildman–Crippen LogP) is 4.02. The van der Waals surface area contributed by atoms with E-state index in [1.165, 1.54) is 18.2 Å². The summed E-state index contributed by atoms with van der Waals surface area (Å²) in [6.45, 7) is 4.38. The molecule has 1 N–H and O–H groups in total. The average Bonchev–Trinajstić information content (AvgIpc) is 2.69. The number of anilines is 1. The molecule has 1 amide bonds. The molecule has 30 heavy (non-hydrogen) atoms. The summed E-state index contributed by atoms with van der Waals surface area (Å²) in [7, 11) is 0. The van der Waals surface area contributed by atoms with E-state index in [1.807, 2.05) is 6.92 Å². The number of esters is 1. The Morgan fingerprint density at radius 3 is 2.33 bits per heavy atom. The molecule has 0 spiro atoms. The first-order valence-electron chi connectivity index (χ1n) is 9.14. The highest BCUT2D eigenvalue weighted by Crippen LogP contribution is 2.30. The number of hydrogen-bond donors (Lipinski definition) is 1. The van der Waals surface area contributed by atoms with E-state index in [0.717, 1.165) is 11.8 Å². The minimum absolute atomic E-state index is 0.00339. The van der Waals surface area contributed by atoms with Crippen LogP contribution in [0.15, 0.2) is 42.5 Å². The fourth-order valence-electron chi connectivity index (χ4n) is 2.35. The summed E-state index contributed by atoms with van der Waals surface area (Å²) < 4.78 is 15.8. The third kappa shape index (κ3) is 7.63. The van der Waals surface area contributed by atoms with E-state index in [-0.39, 0.29) is 35.2 Å². The van der Waals surface area contributed by atoms with Crippen molar-refractivity contribution < 1.29 is 28.7 Å². The van der Waals surface area contributed by atoms with Gasteiger partial charge in [-0.15, -0.1) is 11.8 Å². The molecule has 0 bridgehead atoms. The van der Waals surface area contributed by atoms with Gasteiger partial charge in [-0.2, -0.15) is 0 Å². The van der Waals surface area contributed by atoms with Crippen molar-refractivity contribution in [3.05, 3.63) is 52.6 Å². The molecule has 0 saturated carbocycles. The highest BCUT2D eigenvalue weighted by molar-refractivity contribution is 8.00. The van der Waals surface area contributed by atoms with Crippen LogP contribution in [0.2, 0.25) is 0 Å². The number of nitrogens with one attached hydrogen (secondary N) is 1. The van der Waals surface area contributed by atoms with Crippen LogP contribution in [0.4, 0.5) is 11.4 Å². The van der Waals surface area contributed by atoms with Gasteiger partial charge in [0, 0.05) is 12.1 Å². The number of hydrogen-bond acceptors (Lipinski definition) is 8. The number of ether oxygens (including phenoxy) is 3. The zero-order valence-electron chi connectivity index (χ0n) is 16.6. The summed E-state index contributed by atoms with van der Waals surface area (Å²) in [4.78, 5) is 34.1. The van der Waals surface area contributed by atoms with Gasteiger partial charge in [0.1, 0.15) is 17.2 Å². The first-order valence-corrected chi connectivity index (χ1v) is 10.3. The monoisotopic (exact) mass is 434 g/mol. The molecule has 2 rings (SSSR count). The second-order valence-electron chi connectivity index (χ2n) is 5.83. The van der Waals surface area contributed by atoms with Gasteiger partial charge in [0.15, 0.2) is 0 Å². The number of nitro groups is 1. The van der Waals surface area contributed by atoms with Crippen molar-refractivity contribution in [3.8, 4) is 17.2 Å². The number of nitrogens with zero attached hydrogens (tertiary/aromatic N) is 1. The number of thioether (sulfide) groups is 1. The second-order valence-corrected chi connectivity index (χ2v) is 6.81. The molecular formula is C20H22N2O7S. The molecule has 2 aromatic rings. The van der Waals surface area contributed by atoms with E-state index in [2.05, 4.69) is 5.32 Å². The Bertz CT molecular complexity index is 887. The molecule has 0 aliphatic rings. The van der Waals surface area contributed by atoms with Crippen LogP contribution in [-0.4, -0.2) is 41.5 Å². The standard InChI is InChI=1S/C20H22N2O7S/c1-3-27-16-5-7-17(8-6-16)29-18-10-14(9-15(11-18)22(25)26)21-19(23)12-30-13-20(24)28-4-2/h5-11H,3-4,12-13H2,1-2H3,(H,21,23). The Balaban J connectivity index is 2.05. The van der Waals surface area contributed by atoms with Gasteiger partial charge in [-0.3, -0.25) is 19.7 Å². The molecule has 0 heterocycles. The van der Waals surface area contributed by atoms with Crippen molar-refractivity contribution in [3.63, 3.8) is 0 Å². The topological polar surface area (TPSA) is 117 Å². The Hall–Kier alpha value is -3.27. The molecule has 0 radical (unpaired) electrons. The van der Waals surface area contributed by atoms with Crippen LogP contribution in [0.25, 0.3) is 0 Å². The molecule has 0 aliphatic carbocycles. The summed E-state index contributed by atoms with van der Waals surface area (Å²) >= 11 is 1.09. The fourth-order valence-corrected chi connectivity index (χ4v) is 2.96. The van der Waals surface area contributed by atoms with Crippen LogP contribution < -0.4 is 14.8 Å². The first-order chi connectivity index (χ1) is 14.4. The maximum atomic E-state index is 12.1. The highest BCUT2D eigenvalue weighted by atomic mass is 32.2. The van der Waals surface area contributed by atoms with Crippen LogP contribution in [-0.2, 0) is 14.3 Å². The Labute approximate surface area is 177 Å². The minimum atomic E-state index is -0.573. The van der Waals surface area contributed by atoms with E-state index >= 15 is 0 Å². The summed E-state index contributed by atoms with van der Waals surface area (Å²) in [5.74, 6) is 0.563. The quantitative estimate of drug-likeness (QED) is 0.320. The lowest BCUT2D eigenvalue weighted by molar-refractivity contribution is -0.384. The van der Waals surface area contributed by atoms with Crippen LogP contribution in [0.5, 0.6) is 17.2 Å². The van der Waals surface area contributed by atoms with Crippen LogP contribution in [0, 0.1) is 10.1 Å². The van der Waals surface area contributed by atoms with Crippen molar-refractivity contribution >= 4 is 35.0 Å². The van der Waals surface area contributed by atoms with E-state index in [9.17, 15) is 19.7 Å². The molecular weight excluding hydrogens is 412 g/mol. The van der Waals surface area contributed by atoms with Gasteiger partial charge in [-0.05, 0) is 38.1 Å². The first kappa shape index (κ1) is 23.0. The molecule has 0 unspecified atom stereocenters. The third-order valence-electron chi connectivity index (χ3n) is 3.51. The van der Waals surface area contributed by atoms with Crippen LogP contribution in [0.3, 0.4) is 0 Å². The van der Waals surface area contributed by atoms with Crippen molar-refractivity contribution in [2.45, 2.75) is 13.8 Å². The zero-order valence-corrected chi connectivity index (χ0v) is 17.4. The maximum Gasteiger partial charge on any atom is 0.315 e. The largest absolute Gasteiger partial charge is 0.494 e. The summed E-state index contributed by atoms with van der Waals surface area (Å²) in [5.41, 5.74) is -0.0141. The van der Waals surface area contributed by atoms with Gasteiger partial charge in [0.2, 0.25) is 5.91 Å². The molecule has 0 saturated heterocycles. The van der Waals surface area contributed by atoms with Gasteiger partial charge in [0.05, 0.1) is 41.4 Å². The van der Waals surface area contributed by atoms with Crippen molar-refractivity contribution in [2.24, 2.45) is 0 Å². The lowest BCUT2D eigenvalue weighted by Crippen LogP contribution is -2.16. The molecule has 160 valence electrons. The minimum Gasteiger partial charge on any atom is -0.494 e. The number of rotatable bonds is 11. The second kappa shape index (κ2) is 11.7. The van der Waals surface area contributed by atoms with Gasteiger partial charge in [0.25, 0.3) is 5.69 Å². The number of carbonyl (C=O) groups excluding carboxylic acids is 2. The van der Waals surface area contributed by atoms with Crippen molar-refractivity contribution in [1.82, 2.24) is 0 Å². The number of nitro benzene ring substituents is 1. The Kier molecular flexibility index (Phi) is 8.95. The lowest BCUT2D eigenvalue weighted by Gasteiger charge is -2.10. The highest BCUT2D eigenvalue weighted by Gasteiger charge is 2.14. The van der Waals surface area contributed by atoms with Crippen molar-refractivity contribution in [2.75, 3.05) is 30.0 Å². The van der Waals surface area contributed by atoms with Gasteiger partial charge >= 0.3 is 5.97 Å². The Morgan fingerprint density at radius 1 is 1.00 bits per heavy atom. The predicted molar refractivity (Wildman–Crippen MR) is 113 cm³/mol. The summed E-state index contributed by atoms with van der Waals surface area (Å²) in [6.07, 6.45) is 0. The molecule has 0 aromatic heterocycles. The summed E-state index contributed by atoms with van der Waals surface area (Å²) in [6, 6.07) is 10.8. The normalized spacial score (nSPS) is 10.2. The lowest BCUT2D eigenvalue weighted by atomic mass is 10.2. The fraction of sp³-hybridized carbons (Fsp3) is 0.300. The Morgan fingerprint density at radius 2 is 1.70 bits per heavy atom. The molecule has 2 aromatic carbocycles. The number of carbonyl (C=O) groups is 2. The smallest absolute Gasteiger partial charge is 0.315 e. The average molecular weight is 434 g/mol. The van der Waals surface area contributed by atoms with E-state index in [1.54, 1.807) is 31.2 Å². The van der Waals surface area contributed by atoms with Gasteiger partial charge < -0.3 is 19.5 Å². The molecule has 9 nitrogen and oxygen atoms in total. The number of benzene rings is 2. The molecule has 0 aliphatic heterocycles. The van der Waals surface area contributed by atoms with Gasteiger partial charge in [-0.1, -0.05) is 0 Å². The van der Waals surface area contributed by atoms with Crippen LogP contribution in [0.1, 0.15) is 13.8 Å². The summed E-state index contributed by atoms with van der Waals surface area (Å²) in [5, 5.41) is 13.8. The van der Waals surface area contributed by atoms with E-state index in [0.29, 0.717) is 18.1 Å². The SMILES string of the molecule is CCOC(=O)CSCC(=O)Nc1cc(Oc2ccc(OCC)cc2)cc([N+](=O)[O-])c1. The van der Waals surface area contributed by atoms with Crippen molar-refractivity contribution in [1.29, 1.82) is 0 Å². The van der Waals surface area contributed by atoms with Crippen LogP contribution >= 0.6 is 11.8 Å². The third-order valence-corrected chi connectivity index (χ3v) is 4.42. The number of non-ortho nitro benzene ring substituents is 1. The zero-order chi connectivity index (χ0) is 21.9. The number of amides is 1.